The largest absolute Gasteiger partial charge is 0.444 e. The van der Waals surface area contributed by atoms with Crippen LogP contribution in [-0.2, 0) is 19.1 Å². The van der Waals surface area contributed by atoms with Crippen LogP contribution in [0, 0.1) is 10.1 Å². The molecule has 2 aromatic heterocycles. The zero-order chi connectivity index (χ0) is 35.1. The van der Waals surface area contributed by atoms with E-state index in [1.807, 2.05) is 20.8 Å². The summed E-state index contributed by atoms with van der Waals surface area (Å²) < 4.78 is 10.9. The molecule has 4 aliphatic heterocycles. The zero-order valence-electron chi connectivity index (χ0n) is 28.0. The number of nitrogens with two attached hydrogens (primary N) is 1. The Hall–Kier alpha value is -5.02. The van der Waals surface area contributed by atoms with E-state index in [0.29, 0.717) is 49.5 Å². The minimum absolute atomic E-state index is 0.0231. The number of pyridine rings is 2. The van der Waals surface area contributed by atoms with Crippen molar-refractivity contribution < 1.29 is 33.6 Å². The molecule has 6 rings (SSSR count). The van der Waals surface area contributed by atoms with Crippen LogP contribution in [0.25, 0.3) is 0 Å². The highest BCUT2D eigenvalue weighted by Crippen LogP contribution is 2.36. The van der Waals surface area contributed by atoms with Crippen molar-refractivity contribution in [1.29, 1.82) is 0 Å². The Bertz CT molecular complexity index is 1570. The molecular formula is C32H42N8O8. The molecule has 4 unspecified atom stereocenters. The summed E-state index contributed by atoms with van der Waals surface area (Å²) in [6.45, 7) is 11.6. The summed E-state index contributed by atoms with van der Waals surface area (Å²) in [7, 11) is 0. The van der Waals surface area contributed by atoms with E-state index >= 15 is 0 Å². The van der Waals surface area contributed by atoms with Crippen molar-refractivity contribution in [3.8, 4) is 0 Å². The van der Waals surface area contributed by atoms with Gasteiger partial charge in [-0.2, -0.15) is 0 Å². The predicted octanol–water partition coefficient (Wildman–Crippen LogP) is 3.88. The maximum atomic E-state index is 12.8. The first-order valence-corrected chi connectivity index (χ1v) is 15.9. The van der Waals surface area contributed by atoms with Crippen molar-refractivity contribution in [1.82, 2.24) is 19.8 Å². The van der Waals surface area contributed by atoms with Gasteiger partial charge in [0, 0.05) is 19.2 Å². The first kappa shape index (κ1) is 34.3. The molecule has 16 heteroatoms. The van der Waals surface area contributed by atoms with Gasteiger partial charge in [-0.1, -0.05) is 0 Å². The number of hydrogen-bond acceptors (Lipinski definition) is 11. The number of nitrogens with zero attached hydrogens (tertiary/aromatic N) is 7. The molecule has 258 valence electrons. The van der Waals surface area contributed by atoms with Gasteiger partial charge in [-0.05, 0) is 95.3 Å². The Morgan fingerprint density at radius 2 is 1.21 bits per heavy atom. The second-order valence-corrected chi connectivity index (χ2v) is 14.2. The van der Waals surface area contributed by atoms with E-state index in [9.17, 15) is 29.3 Å². The number of rotatable bonds is 3. The normalized spacial score (nSPS) is 23.5. The van der Waals surface area contributed by atoms with Gasteiger partial charge in [-0.25, -0.2) is 14.6 Å². The highest BCUT2D eigenvalue weighted by molar-refractivity contribution is 6.01. The molecule has 0 saturated carbocycles. The Kier molecular flexibility index (Phi) is 9.21. The molecule has 0 radical (unpaired) electrons. The number of ether oxygens (including phenoxy) is 2. The minimum Gasteiger partial charge on any atom is -0.444 e. The third-order valence-electron chi connectivity index (χ3n) is 8.42. The van der Waals surface area contributed by atoms with Gasteiger partial charge < -0.3 is 35.1 Å². The average Bonchev–Trinajstić information content (AvgIpc) is 3.53. The number of fused-ring (bicyclic) bond motifs is 4. The van der Waals surface area contributed by atoms with E-state index in [0.717, 1.165) is 6.42 Å². The lowest BCUT2D eigenvalue weighted by atomic mass is 10.1. The summed E-state index contributed by atoms with van der Waals surface area (Å²) >= 11 is 0. The fourth-order valence-electron chi connectivity index (χ4n) is 6.42. The number of amides is 4. The molecule has 4 bridgehead atoms. The van der Waals surface area contributed by atoms with Gasteiger partial charge in [-0.3, -0.25) is 19.4 Å². The SMILES string of the molecule is CC(C)(C)OC(=O)N1C2CCC1C(=O)N(c1ccc(N)nc1)C2.CC(C)(C)OC(=O)N1C2CCC1C(=O)N(c1ccc([N+](=O)[O-])nc1)C2. The molecule has 0 spiro atoms. The number of anilines is 3. The highest BCUT2D eigenvalue weighted by atomic mass is 16.6. The Labute approximate surface area is 278 Å². The molecule has 4 amide bonds. The number of carbonyl (C=O) groups is 4. The van der Waals surface area contributed by atoms with Crippen molar-refractivity contribution in [2.24, 2.45) is 0 Å². The van der Waals surface area contributed by atoms with Crippen LogP contribution in [0.15, 0.2) is 36.7 Å². The van der Waals surface area contributed by atoms with Gasteiger partial charge in [0.1, 0.15) is 29.1 Å². The molecule has 4 atom stereocenters. The van der Waals surface area contributed by atoms with Crippen molar-refractivity contribution in [2.45, 2.75) is 103 Å². The van der Waals surface area contributed by atoms with Crippen LogP contribution in [0.2, 0.25) is 0 Å². The lowest BCUT2D eigenvalue weighted by Gasteiger charge is -2.40. The van der Waals surface area contributed by atoms with Gasteiger partial charge >= 0.3 is 18.0 Å². The first-order valence-electron chi connectivity index (χ1n) is 15.9. The maximum absolute atomic E-state index is 12.8. The second kappa shape index (κ2) is 12.9. The number of hydrogen-bond donors (Lipinski definition) is 1. The Morgan fingerprint density at radius 1 is 0.771 bits per heavy atom. The van der Waals surface area contributed by atoms with E-state index in [1.165, 1.54) is 23.2 Å². The quantitative estimate of drug-likeness (QED) is 0.369. The van der Waals surface area contributed by atoms with E-state index in [1.54, 1.807) is 53.8 Å². The summed E-state index contributed by atoms with van der Waals surface area (Å²) in [5, 5.41) is 10.7. The molecule has 0 aliphatic carbocycles. The minimum atomic E-state index is -0.626. The number of nitro groups is 1. The zero-order valence-corrected chi connectivity index (χ0v) is 28.0. The number of nitrogen functional groups attached to an aromatic ring is 1. The van der Waals surface area contributed by atoms with Crippen LogP contribution in [0.3, 0.4) is 0 Å². The summed E-state index contributed by atoms with van der Waals surface area (Å²) in [6, 6.07) is 5.05. The highest BCUT2D eigenvalue weighted by Gasteiger charge is 2.51. The van der Waals surface area contributed by atoms with Crippen LogP contribution >= 0.6 is 0 Å². The van der Waals surface area contributed by atoms with Gasteiger partial charge in [0.05, 0.1) is 29.7 Å². The fourth-order valence-corrected chi connectivity index (χ4v) is 6.42. The smallest absolute Gasteiger partial charge is 0.411 e. The van der Waals surface area contributed by atoms with E-state index in [2.05, 4.69) is 9.97 Å². The molecular weight excluding hydrogens is 624 g/mol. The van der Waals surface area contributed by atoms with Crippen molar-refractivity contribution >= 4 is 47.0 Å². The standard InChI is InChI=1S/C16H20N4O5.C16H22N4O3/c1-16(2,3)25-15(22)19-11-4-6-12(19)14(21)18(9-11)10-5-7-13(17-8-10)20(23)24;1-16(2,3)23-15(22)20-11-4-6-12(20)14(21)19(9-11)10-5-7-13(17)18-8-10/h5,7-8,11-12H,4,6,9H2,1-3H3;5,7-8,11-12H,4,6,9H2,1-3H3,(H2,17,18). The average molecular weight is 667 g/mol. The van der Waals surface area contributed by atoms with E-state index in [-0.39, 0.29) is 29.7 Å². The summed E-state index contributed by atoms with van der Waals surface area (Å²) in [5.41, 5.74) is 5.61. The number of carbonyl (C=O) groups excluding carboxylic acids is 4. The molecule has 6 heterocycles. The molecule has 2 aromatic rings. The molecule has 4 fully saturated rings. The van der Waals surface area contributed by atoms with Crippen molar-refractivity contribution in [3.63, 3.8) is 0 Å². The summed E-state index contributed by atoms with van der Waals surface area (Å²) in [6.07, 6.45) is 4.79. The van der Waals surface area contributed by atoms with E-state index in [4.69, 9.17) is 15.2 Å². The maximum Gasteiger partial charge on any atom is 0.411 e. The molecule has 16 nitrogen and oxygen atoms in total. The number of aromatic nitrogens is 2. The molecule has 0 aromatic carbocycles. The monoisotopic (exact) mass is 666 g/mol. The van der Waals surface area contributed by atoms with Crippen molar-refractivity contribution in [2.75, 3.05) is 28.6 Å². The lowest BCUT2D eigenvalue weighted by molar-refractivity contribution is -0.389. The Balaban J connectivity index is 0.000000188. The van der Waals surface area contributed by atoms with E-state index < -0.39 is 40.4 Å². The van der Waals surface area contributed by atoms with Crippen LogP contribution in [-0.4, -0.2) is 97.2 Å². The Morgan fingerprint density at radius 3 is 1.56 bits per heavy atom. The van der Waals surface area contributed by atoms with Gasteiger partial charge in [0.25, 0.3) is 0 Å². The summed E-state index contributed by atoms with van der Waals surface area (Å²) in [4.78, 5) is 74.7. The van der Waals surface area contributed by atoms with Crippen molar-refractivity contribution in [3.05, 3.63) is 46.8 Å². The molecule has 2 N–H and O–H groups in total. The summed E-state index contributed by atoms with van der Waals surface area (Å²) in [5.74, 6) is -0.158. The second-order valence-electron chi connectivity index (χ2n) is 14.2. The molecule has 48 heavy (non-hydrogen) atoms. The number of piperazine rings is 2. The van der Waals surface area contributed by atoms with Crippen LogP contribution in [0.1, 0.15) is 67.2 Å². The molecule has 4 saturated heterocycles. The topological polar surface area (TPSA) is 195 Å². The third-order valence-corrected chi connectivity index (χ3v) is 8.42. The predicted molar refractivity (Wildman–Crippen MR) is 174 cm³/mol. The van der Waals surface area contributed by atoms with Crippen LogP contribution < -0.4 is 15.5 Å². The molecule has 4 aliphatic rings. The van der Waals surface area contributed by atoms with Gasteiger partial charge in [0.2, 0.25) is 11.8 Å². The lowest BCUT2D eigenvalue weighted by Crippen LogP contribution is -2.59. The first-order chi connectivity index (χ1) is 22.4. The van der Waals surface area contributed by atoms with Gasteiger partial charge in [-0.15, -0.1) is 0 Å². The van der Waals surface area contributed by atoms with Crippen LogP contribution in [0.4, 0.5) is 32.6 Å². The third kappa shape index (κ3) is 7.26. The fraction of sp³-hybridized carbons (Fsp3) is 0.562. The van der Waals surface area contributed by atoms with Crippen LogP contribution in [0.5, 0.6) is 0 Å². The van der Waals surface area contributed by atoms with Gasteiger partial charge in [0.15, 0.2) is 6.20 Å².